The van der Waals surface area contributed by atoms with Crippen molar-refractivity contribution in [2.75, 3.05) is 0 Å². The molecule has 1 aromatic carbocycles. The molecule has 0 saturated carbocycles. The van der Waals surface area contributed by atoms with Gasteiger partial charge in [0.2, 0.25) is 0 Å². The Morgan fingerprint density at radius 3 is 2.19 bits per heavy atom. The van der Waals surface area contributed by atoms with Crippen molar-refractivity contribution in [1.82, 2.24) is 0 Å². The van der Waals surface area contributed by atoms with Crippen molar-refractivity contribution in [3.63, 3.8) is 0 Å². The van der Waals surface area contributed by atoms with Gasteiger partial charge in [0, 0.05) is 11.6 Å². The average Bonchev–Trinajstić information content (AvgIpc) is 2.69. The number of phenolic OH excluding ortho intramolecular Hbond substituents is 1. The molecular formula is C23H34O3. The number of hydrogen-bond donors (Lipinski definition) is 1. The minimum Gasteiger partial charge on any atom is -0.508 e. The van der Waals surface area contributed by atoms with Gasteiger partial charge in [-0.25, -0.2) is 0 Å². The van der Waals surface area contributed by atoms with Crippen molar-refractivity contribution in [3.05, 3.63) is 63.8 Å². The van der Waals surface area contributed by atoms with Gasteiger partial charge in [-0.2, -0.15) is 0 Å². The first-order valence-electron chi connectivity index (χ1n) is 9.42. The van der Waals surface area contributed by atoms with Crippen LogP contribution in [-0.4, -0.2) is 5.11 Å². The highest BCUT2D eigenvalue weighted by atomic mass is 16.3. The molecule has 0 saturated heterocycles. The Bertz CT molecular complexity index is 799. The highest BCUT2D eigenvalue weighted by molar-refractivity contribution is 5.59. The molecule has 1 N–H and O–H groups in total. The van der Waals surface area contributed by atoms with Crippen molar-refractivity contribution >= 4 is 12.2 Å². The molecule has 3 nitrogen and oxygen atoms in total. The van der Waals surface area contributed by atoms with Gasteiger partial charge in [0.05, 0.1) is 5.22 Å². The predicted molar refractivity (Wildman–Crippen MR) is 115 cm³/mol. The Balaban J connectivity index is 0. The highest BCUT2D eigenvalue weighted by Gasteiger charge is 2.04. The molecule has 2 aromatic rings. The lowest BCUT2D eigenvalue weighted by atomic mass is 10.1. The maximum absolute atomic E-state index is 12.2. The summed E-state index contributed by atoms with van der Waals surface area (Å²) in [6.07, 6.45) is 5.81. The fourth-order valence-corrected chi connectivity index (χ4v) is 1.96. The quantitative estimate of drug-likeness (QED) is 0.815. The molecule has 0 fully saturated rings. The first-order valence-corrected chi connectivity index (χ1v) is 9.42. The number of benzene rings is 1. The van der Waals surface area contributed by atoms with E-state index in [1.165, 1.54) is 6.07 Å². The maximum Gasteiger partial charge on any atom is 0.192 e. The van der Waals surface area contributed by atoms with Gasteiger partial charge < -0.3 is 9.52 Å². The summed E-state index contributed by atoms with van der Waals surface area (Å²) >= 11 is 0. The van der Waals surface area contributed by atoms with Crippen molar-refractivity contribution < 1.29 is 9.52 Å². The van der Waals surface area contributed by atoms with Gasteiger partial charge in [0.25, 0.3) is 0 Å². The second-order valence-corrected chi connectivity index (χ2v) is 4.32. The first kappa shape index (κ1) is 25.7. The van der Waals surface area contributed by atoms with Crippen LogP contribution >= 0.6 is 0 Å². The van der Waals surface area contributed by atoms with Crippen LogP contribution in [0.15, 0.2) is 52.2 Å². The second-order valence-electron chi connectivity index (χ2n) is 4.32. The van der Waals surface area contributed by atoms with Crippen molar-refractivity contribution in [2.24, 2.45) is 0 Å². The predicted octanol–water partition coefficient (Wildman–Crippen LogP) is 5.25. The van der Waals surface area contributed by atoms with Crippen molar-refractivity contribution in [2.45, 2.75) is 54.9 Å². The van der Waals surface area contributed by atoms with Gasteiger partial charge in [-0.05, 0) is 24.6 Å². The molecule has 26 heavy (non-hydrogen) atoms. The monoisotopic (exact) mass is 358 g/mol. The van der Waals surface area contributed by atoms with E-state index in [2.05, 4.69) is 6.58 Å². The molecule has 1 heterocycles. The largest absolute Gasteiger partial charge is 0.508 e. The zero-order valence-corrected chi connectivity index (χ0v) is 17.3. The molecular weight excluding hydrogens is 324 g/mol. The van der Waals surface area contributed by atoms with Crippen LogP contribution in [0.1, 0.15) is 54.9 Å². The maximum atomic E-state index is 12.2. The molecule has 144 valence electrons. The molecule has 0 aliphatic rings. The van der Waals surface area contributed by atoms with E-state index < -0.39 is 0 Å². The summed E-state index contributed by atoms with van der Waals surface area (Å²) in [6.45, 7) is 17.6. The fraction of sp³-hybridized carbons (Fsp3) is 0.348. The molecule has 0 spiro atoms. The summed E-state index contributed by atoms with van der Waals surface area (Å²) in [7, 11) is 0. The van der Waals surface area contributed by atoms with E-state index in [1.807, 2.05) is 54.5 Å². The number of rotatable bonds is 3. The van der Waals surface area contributed by atoms with Crippen LogP contribution in [0.4, 0.5) is 0 Å². The number of hydrogen-bond acceptors (Lipinski definition) is 3. The third-order valence-electron chi connectivity index (χ3n) is 2.82. The third-order valence-corrected chi connectivity index (χ3v) is 2.82. The minimum absolute atomic E-state index is 0.107. The average molecular weight is 359 g/mol. The lowest BCUT2D eigenvalue weighted by molar-refractivity contribution is 0.474. The van der Waals surface area contributed by atoms with Gasteiger partial charge in [0.1, 0.15) is 16.9 Å². The SMILES string of the molecule is C=C/C=c1/oc(-c2cccc(O)c2)cc(=O)/c1=C/CC.CC.CC.CC. The zero-order chi connectivity index (χ0) is 20.5. The summed E-state index contributed by atoms with van der Waals surface area (Å²) in [6, 6.07) is 8.04. The standard InChI is InChI=1S/C17H16O3.3C2H6/c1-3-6-14-15(19)11-17(20-16(14)7-4-2)12-8-5-9-13(18)10-12;3*1-2/h4-11,18H,2-3H2,1H3;3*1-2H3/b14-6-,16-7+;;;. The molecule has 0 bridgehead atoms. The molecule has 0 aliphatic carbocycles. The normalized spacial score (nSPS) is 10.4. The Kier molecular flexibility index (Phi) is 15.8. The van der Waals surface area contributed by atoms with Crippen LogP contribution in [-0.2, 0) is 0 Å². The molecule has 3 heteroatoms. The molecule has 0 amide bonds. The van der Waals surface area contributed by atoms with Crippen molar-refractivity contribution in [3.8, 4) is 17.1 Å². The van der Waals surface area contributed by atoms with E-state index in [0.717, 1.165) is 6.42 Å². The van der Waals surface area contributed by atoms with Crippen LogP contribution in [0.25, 0.3) is 23.5 Å². The minimum atomic E-state index is -0.107. The molecule has 1 aromatic heterocycles. The van der Waals surface area contributed by atoms with Gasteiger partial charge in [0.15, 0.2) is 5.43 Å². The summed E-state index contributed by atoms with van der Waals surface area (Å²) < 4.78 is 5.75. The van der Waals surface area contributed by atoms with E-state index >= 15 is 0 Å². The van der Waals surface area contributed by atoms with E-state index in [4.69, 9.17) is 4.42 Å². The van der Waals surface area contributed by atoms with E-state index in [-0.39, 0.29) is 11.2 Å². The molecule has 0 radical (unpaired) electrons. The molecule has 0 unspecified atom stereocenters. The zero-order valence-electron chi connectivity index (χ0n) is 17.3. The Hall–Kier alpha value is -2.55. The van der Waals surface area contributed by atoms with E-state index in [1.54, 1.807) is 36.4 Å². The first-order chi connectivity index (χ1) is 12.7. The van der Waals surface area contributed by atoms with Gasteiger partial charge >= 0.3 is 0 Å². The lowest BCUT2D eigenvalue weighted by Crippen LogP contribution is -2.38. The summed E-state index contributed by atoms with van der Waals surface area (Å²) in [4.78, 5) is 12.2. The number of aromatic hydroxyl groups is 1. The molecule has 0 aliphatic heterocycles. The summed E-state index contributed by atoms with van der Waals surface area (Å²) in [5.74, 6) is 0.552. The van der Waals surface area contributed by atoms with Gasteiger partial charge in [-0.1, -0.05) is 79.3 Å². The molecule has 2 rings (SSSR count). The van der Waals surface area contributed by atoms with Crippen LogP contribution in [0, 0.1) is 0 Å². The summed E-state index contributed by atoms with van der Waals surface area (Å²) in [5.41, 5.74) is 1.03. The van der Waals surface area contributed by atoms with Crippen LogP contribution in [0.2, 0.25) is 0 Å². The van der Waals surface area contributed by atoms with Crippen LogP contribution in [0.5, 0.6) is 5.75 Å². The second kappa shape index (κ2) is 15.9. The highest BCUT2D eigenvalue weighted by Crippen LogP contribution is 2.20. The Morgan fingerprint density at radius 2 is 1.69 bits per heavy atom. The number of phenols is 1. The fourth-order valence-electron chi connectivity index (χ4n) is 1.96. The van der Waals surface area contributed by atoms with E-state index in [0.29, 0.717) is 22.0 Å². The Labute approximate surface area is 158 Å². The van der Waals surface area contributed by atoms with Crippen molar-refractivity contribution in [1.29, 1.82) is 0 Å². The van der Waals surface area contributed by atoms with E-state index in [9.17, 15) is 9.90 Å². The van der Waals surface area contributed by atoms with Gasteiger partial charge in [-0.3, -0.25) is 4.79 Å². The summed E-state index contributed by atoms with van der Waals surface area (Å²) in [5, 5.41) is 10.0. The number of allylic oxidation sites excluding steroid dienone is 1. The topological polar surface area (TPSA) is 50.4 Å². The molecule has 0 atom stereocenters. The lowest BCUT2D eigenvalue weighted by Gasteiger charge is -2.01. The third kappa shape index (κ3) is 8.02. The van der Waals surface area contributed by atoms with Gasteiger partial charge in [-0.15, -0.1) is 0 Å². The van der Waals surface area contributed by atoms with Crippen LogP contribution in [0.3, 0.4) is 0 Å². The smallest absolute Gasteiger partial charge is 0.192 e. The Morgan fingerprint density at radius 1 is 1.08 bits per heavy atom. The van der Waals surface area contributed by atoms with Crippen LogP contribution < -0.4 is 16.1 Å².